The highest BCUT2D eigenvalue weighted by molar-refractivity contribution is 5.81. The fourth-order valence-corrected chi connectivity index (χ4v) is 1.72. The van der Waals surface area contributed by atoms with Crippen molar-refractivity contribution in [1.82, 2.24) is 0 Å². The average molecular weight is 278 g/mol. The number of phenols is 1. The number of carbonyl (C=O) groups is 1. The van der Waals surface area contributed by atoms with Gasteiger partial charge in [-0.1, -0.05) is 39.5 Å². The molecule has 0 radical (unpaired) electrons. The van der Waals surface area contributed by atoms with Crippen LogP contribution in [0.5, 0.6) is 11.5 Å². The van der Waals surface area contributed by atoms with Gasteiger partial charge in [0, 0.05) is 18.1 Å². The van der Waals surface area contributed by atoms with E-state index in [1.807, 2.05) is 32.9 Å². The van der Waals surface area contributed by atoms with Crippen LogP contribution in [0.2, 0.25) is 0 Å². The molecule has 0 spiro atoms. The van der Waals surface area contributed by atoms with Crippen molar-refractivity contribution in [2.75, 3.05) is 13.2 Å². The standard InChI is InChI=1S/C16H22O4/c1-5-14(17)20-11-7-10-19-13-9-6-8-12(15(13)18)16(2,3)4/h5-6,8-9,18H,1,7,10-11H2,2-4H3. The molecule has 0 amide bonds. The van der Waals surface area contributed by atoms with E-state index in [1.165, 1.54) is 0 Å². The molecule has 0 saturated carbocycles. The van der Waals surface area contributed by atoms with Gasteiger partial charge in [-0.2, -0.15) is 0 Å². The molecule has 20 heavy (non-hydrogen) atoms. The molecule has 0 aliphatic heterocycles. The van der Waals surface area contributed by atoms with E-state index in [-0.39, 0.29) is 17.8 Å². The molecule has 110 valence electrons. The maximum atomic E-state index is 10.8. The Hall–Kier alpha value is -1.97. The monoisotopic (exact) mass is 278 g/mol. The average Bonchev–Trinajstić information content (AvgIpc) is 2.38. The largest absolute Gasteiger partial charge is 0.504 e. The van der Waals surface area contributed by atoms with Gasteiger partial charge in [0.1, 0.15) is 0 Å². The predicted octanol–water partition coefficient (Wildman–Crippen LogP) is 3.19. The summed E-state index contributed by atoms with van der Waals surface area (Å²) in [6.45, 7) is 10.0. The van der Waals surface area contributed by atoms with Crippen LogP contribution in [0.1, 0.15) is 32.8 Å². The topological polar surface area (TPSA) is 55.8 Å². The lowest BCUT2D eigenvalue weighted by Gasteiger charge is -2.21. The smallest absolute Gasteiger partial charge is 0.330 e. The summed E-state index contributed by atoms with van der Waals surface area (Å²) in [5.41, 5.74) is 0.691. The SMILES string of the molecule is C=CC(=O)OCCCOc1cccc(C(C)(C)C)c1O. The fourth-order valence-electron chi connectivity index (χ4n) is 1.72. The zero-order valence-corrected chi connectivity index (χ0v) is 12.3. The maximum Gasteiger partial charge on any atom is 0.330 e. The first-order valence-electron chi connectivity index (χ1n) is 6.60. The summed E-state index contributed by atoms with van der Waals surface area (Å²) in [4.78, 5) is 10.8. The lowest BCUT2D eigenvalue weighted by atomic mass is 9.86. The van der Waals surface area contributed by atoms with Crippen LogP contribution in [0.25, 0.3) is 0 Å². The van der Waals surface area contributed by atoms with E-state index in [0.717, 1.165) is 11.6 Å². The van der Waals surface area contributed by atoms with Crippen LogP contribution in [0.4, 0.5) is 0 Å². The van der Waals surface area contributed by atoms with E-state index in [4.69, 9.17) is 9.47 Å². The summed E-state index contributed by atoms with van der Waals surface area (Å²) < 4.78 is 10.4. The molecule has 0 saturated heterocycles. The van der Waals surface area contributed by atoms with E-state index in [0.29, 0.717) is 18.8 Å². The molecule has 0 aliphatic carbocycles. The van der Waals surface area contributed by atoms with Crippen LogP contribution in [0.15, 0.2) is 30.9 Å². The Kier molecular flexibility index (Phi) is 5.62. The molecule has 1 rings (SSSR count). The van der Waals surface area contributed by atoms with E-state index >= 15 is 0 Å². The van der Waals surface area contributed by atoms with Gasteiger partial charge >= 0.3 is 5.97 Å². The molecular weight excluding hydrogens is 256 g/mol. The highest BCUT2D eigenvalue weighted by Gasteiger charge is 2.20. The minimum absolute atomic E-state index is 0.150. The van der Waals surface area contributed by atoms with Crippen molar-refractivity contribution >= 4 is 5.97 Å². The summed E-state index contributed by atoms with van der Waals surface area (Å²) in [6, 6.07) is 5.46. The van der Waals surface area contributed by atoms with Crippen LogP contribution in [-0.2, 0) is 14.9 Å². The maximum absolute atomic E-state index is 10.8. The second-order valence-corrected chi connectivity index (χ2v) is 5.48. The van der Waals surface area contributed by atoms with Gasteiger partial charge in [-0.3, -0.25) is 0 Å². The first-order valence-corrected chi connectivity index (χ1v) is 6.60. The molecule has 1 N–H and O–H groups in total. The van der Waals surface area contributed by atoms with Crippen molar-refractivity contribution in [3.05, 3.63) is 36.4 Å². The molecule has 0 aliphatic rings. The summed E-state index contributed by atoms with van der Waals surface area (Å²) in [6.07, 6.45) is 1.68. The number of carbonyl (C=O) groups excluding carboxylic acids is 1. The molecule has 1 aromatic rings. The number of benzene rings is 1. The van der Waals surface area contributed by atoms with Gasteiger partial charge in [0.15, 0.2) is 11.5 Å². The van der Waals surface area contributed by atoms with Gasteiger partial charge in [-0.25, -0.2) is 4.79 Å². The fraction of sp³-hybridized carbons (Fsp3) is 0.438. The van der Waals surface area contributed by atoms with Crippen molar-refractivity contribution in [2.24, 2.45) is 0 Å². The van der Waals surface area contributed by atoms with Gasteiger partial charge in [0.05, 0.1) is 13.2 Å². The first-order chi connectivity index (χ1) is 9.36. The third-order valence-corrected chi connectivity index (χ3v) is 2.76. The van der Waals surface area contributed by atoms with Gasteiger partial charge in [0.2, 0.25) is 0 Å². The van der Waals surface area contributed by atoms with E-state index in [2.05, 4.69) is 6.58 Å². The Bertz CT molecular complexity index is 472. The minimum Gasteiger partial charge on any atom is -0.504 e. The third kappa shape index (κ3) is 4.61. The van der Waals surface area contributed by atoms with Crippen molar-refractivity contribution in [3.63, 3.8) is 0 Å². The highest BCUT2D eigenvalue weighted by Crippen LogP contribution is 2.37. The van der Waals surface area contributed by atoms with E-state index in [1.54, 1.807) is 6.07 Å². The number of para-hydroxylation sites is 1. The first kappa shape index (κ1) is 16.1. The molecule has 0 bridgehead atoms. The van der Waals surface area contributed by atoms with Crippen LogP contribution < -0.4 is 4.74 Å². The number of rotatable bonds is 6. The molecule has 4 heteroatoms. The lowest BCUT2D eigenvalue weighted by molar-refractivity contribution is -0.137. The van der Waals surface area contributed by atoms with Crippen LogP contribution >= 0.6 is 0 Å². The summed E-state index contributed by atoms with van der Waals surface area (Å²) >= 11 is 0. The normalized spacial score (nSPS) is 10.9. The molecule has 1 aromatic carbocycles. The van der Waals surface area contributed by atoms with Crippen LogP contribution in [0.3, 0.4) is 0 Å². The number of esters is 1. The summed E-state index contributed by atoms with van der Waals surface area (Å²) in [5, 5.41) is 10.2. The molecular formula is C16H22O4. The summed E-state index contributed by atoms with van der Waals surface area (Å²) in [5.74, 6) is 0.179. The molecule has 0 aromatic heterocycles. The number of hydrogen-bond donors (Lipinski definition) is 1. The Balaban J connectivity index is 2.53. The van der Waals surface area contributed by atoms with Gasteiger partial charge in [-0.05, 0) is 11.5 Å². The minimum atomic E-state index is -0.442. The van der Waals surface area contributed by atoms with E-state index < -0.39 is 5.97 Å². The van der Waals surface area contributed by atoms with Gasteiger partial charge < -0.3 is 14.6 Å². The zero-order valence-electron chi connectivity index (χ0n) is 12.3. The quantitative estimate of drug-likeness (QED) is 0.493. The number of aromatic hydroxyl groups is 1. The Morgan fingerprint density at radius 3 is 2.65 bits per heavy atom. The number of hydrogen-bond acceptors (Lipinski definition) is 4. The lowest BCUT2D eigenvalue weighted by Crippen LogP contribution is -2.12. The second kappa shape index (κ2) is 6.98. The molecule has 4 nitrogen and oxygen atoms in total. The molecule has 0 unspecified atom stereocenters. The summed E-state index contributed by atoms with van der Waals surface area (Å²) in [7, 11) is 0. The Labute approximate surface area is 120 Å². The molecule has 0 atom stereocenters. The molecule has 0 fully saturated rings. The van der Waals surface area contributed by atoms with Crippen molar-refractivity contribution < 1.29 is 19.4 Å². The molecule has 0 heterocycles. The van der Waals surface area contributed by atoms with E-state index in [9.17, 15) is 9.90 Å². The zero-order chi connectivity index (χ0) is 15.2. The number of ether oxygens (including phenoxy) is 2. The Morgan fingerprint density at radius 2 is 2.05 bits per heavy atom. The third-order valence-electron chi connectivity index (χ3n) is 2.76. The van der Waals surface area contributed by atoms with Gasteiger partial charge in [0.25, 0.3) is 0 Å². The highest BCUT2D eigenvalue weighted by atomic mass is 16.5. The predicted molar refractivity (Wildman–Crippen MR) is 78.1 cm³/mol. The van der Waals surface area contributed by atoms with Crippen LogP contribution in [-0.4, -0.2) is 24.3 Å². The van der Waals surface area contributed by atoms with Crippen molar-refractivity contribution in [1.29, 1.82) is 0 Å². The van der Waals surface area contributed by atoms with Crippen molar-refractivity contribution in [2.45, 2.75) is 32.6 Å². The van der Waals surface area contributed by atoms with Crippen LogP contribution in [0, 0.1) is 0 Å². The van der Waals surface area contributed by atoms with Gasteiger partial charge in [-0.15, -0.1) is 0 Å². The Morgan fingerprint density at radius 1 is 1.35 bits per heavy atom. The second-order valence-electron chi connectivity index (χ2n) is 5.48. The number of phenolic OH excluding ortho intramolecular Hbond substituents is 1. The van der Waals surface area contributed by atoms with Crippen molar-refractivity contribution in [3.8, 4) is 11.5 Å².